The van der Waals surface area contributed by atoms with Crippen LogP contribution in [0.5, 0.6) is 0 Å². The Morgan fingerprint density at radius 2 is 1.88 bits per heavy atom. The molecular formula is C26H22FN3O3S. The predicted octanol–water partition coefficient (Wildman–Crippen LogP) is 5.17. The first-order valence-electron chi connectivity index (χ1n) is 11.0. The number of carboxylic acid groups (broad SMARTS) is 1. The van der Waals surface area contributed by atoms with Gasteiger partial charge in [0.15, 0.2) is 0 Å². The highest BCUT2D eigenvalue weighted by molar-refractivity contribution is 7.21. The number of fused-ring (bicyclic) bond motifs is 1. The summed E-state index contributed by atoms with van der Waals surface area (Å²) in [6, 6.07) is 17.9. The predicted molar refractivity (Wildman–Crippen MR) is 128 cm³/mol. The number of nitrogens with zero attached hydrogens (tertiary/aromatic N) is 2. The molecule has 8 heteroatoms. The number of carbonyl (C=O) groups excluding carboxylic acids is 1. The van der Waals surface area contributed by atoms with E-state index in [1.165, 1.54) is 29.0 Å². The molecule has 2 N–H and O–H groups in total. The van der Waals surface area contributed by atoms with Crippen LogP contribution >= 0.6 is 11.3 Å². The van der Waals surface area contributed by atoms with Gasteiger partial charge in [0.2, 0.25) is 0 Å². The van der Waals surface area contributed by atoms with E-state index in [0.717, 1.165) is 29.4 Å². The number of benzene rings is 2. The fourth-order valence-electron chi connectivity index (χ4n) is 4.22. The van der Waals surface area contributed by atoms with Crippen molar-refractivity contribution in [2.75, 3.05) is 0 Å². The van der Waals surface area contributed by atoms with Gasteiger partial charge >= 0.3 is 5.97 Å². The first kappa shape index (κ1) is 22.2. The monoisotopic (exact) mass is 475 g/mol. The van der Waals surface area contributed by atoms with Gasteiger partial charge in [-0.15, -0.1) is 0 Å². The number of aromatic nitrogens is 2. The van der Waals surface area contributed by atoms with Gasteiger partial charge in [0.1, 0.15) is 21.2 Å². The number of thiazole rings is 1. The maximum atomic E-state index is 14.9. The Hall–Kier alpha value is -3.65. The second-order valence-corrected chi connectivity index (χ2v) is 9.63. The average molecular weight is 476 g/mol. The Morgan fingerprint density at radius 1 is 1.12 bits per heavy atom. The van der Waals surface area contributed by atoms with Gasteiger partial charge in [0.25, 0.3) is 5.91 Å². The molecule has 4 aromatic rings. The summed E-state index contributed by atoms with van der Waals surface area (Å²) in [6.45, 7) is 1.59. The Bertz CT molecular complexity index is 1400. The van der Waals surface area contributed by atoms with Crippen LogP contribution in [0.25, 0.3) is 20.9 Å². The maximum absolute atomic E-state index is 14.9. The van der Waals surface area contributed by atoms with Gasteiger partial charge in [-0.25, -0.2) is 14.4 Å². The van der Waals surface area contributed by atoms with E-state index in [2.05, 4.69) is 22.4 Å². The molecule has 0 saturated heterocycles. The third-order valence-corrected chi connectivity index (χ3v) is 7.14. The van der Waals surface area contributed by atoms with Crippen molar-refractivity contribution < 1.29 is 19.1 Å². The normalized spacial score (nSPS) is 15.1. The molecule has 0 aliphatic heterocycles. The zero-order chi connectivity index (χ0) is 23.9. The fraction of sp³-hybridized carbons (Fsp3) is 0.231. The Morgan fingerprint density at radius 3 is 2.56 bits per heavy atom. The van der Waals surface area contributed by atoms with Gasteiger partial charge in [-0.2, -0.15) is 0 Å². The van der Waals surface area contributed by atoms with Crippen molar-refractivity contribution in [2.24, 2.45) is 0 Å². The smallest absolute Gasteiger partial charge is 0.305 e. The SMILES string of the molecule is C[C@@H](CC(=O)O)NC(=O)c1ccc(-c2nc3ccc(C4(c5ccccc5)CC4)nc3s2)c(F)c1. The molecular weight excluding hydrogens is 453 g/mol. The van der Waals surface area contributed by atoms with Crippen LogP contribution in [0.1, 0.15) is 47.8 Å². The molecule has 1 aliphatic carbocycles. The summed E-state index contributed by atoms with van der Waals surface area (Å²) in [4.78, 5) is 33.3. The Labute approximate surface area is 199 Å². The molecule has 1 aliphatic rings. The summed E-state index contributed by atoms with van der Waals surface area (Å²) in [6.07, 6.45) is 1.88. The third-order valence-electron chi connectivity index (χ3n) is 6.14. The van der Waals surface area contributed by atoms with E-state index in [9.17, 15) is 14.0 Å². The molecule has 172 valence electrons. The molecule has 6 nitrogen and oxygen atoms in total. The summed E-state index contributed by atoms with van der Waals surface area (Å²) in [5.74, 6) is -2.11. The number of halogens is 1. The summed E-state index contributed by atoms with van der Waals surface area (Å²) < 4.78 is 14.9. The minimum absolute atomic E-state index is 0.0579. The number of carboxylic acids is 1. The third kappa shape index (κ3) is 4.17. The van der Waals surface area contributed by atoms with E-state index >= 15 is 0 Å². The minimum Gasteiger partial charge on any atom is -0.481 e. The standard InChI is InChI=1S/C26H22FN3O3S/c1-15(13-22(31)32)28-23(33)16-7-8-18(19(27)14-16)24-29-20-9-10-21(30-25(20)34-24)26(11-12-26)17-5-3-2-4-6-17/h2-10,14-15H,11-13H2,1H3,(H,28,33)(H,31,32)/t15-/m0/s1. The van der Waals surface area contributed by atoms with E-state index in [1.807, 2.05) is 30.3 Å². The number of rotatable bonds is 7. The van der Waals surface area contributed by atoms with Crippen molar-refractivity contribution in [2.45, 2.75) is 37.6 Å². The van der Waals surface area contributed by atoms with Crippen LogP contribution in [0.15, 0.2) is 60.7 Å². The lowest BCUT2D eigenvalue weighted by Gasteiger charge is -2.14. The zero-order valence-electron chi connectivity index (χ0n) is 18.4. The molecule has 1 amide bonds. The van der Waals surface area contributed by atoms with E-state index in [-0.39, 0.29) is 17.4 Å². The maximum Gasteiger partial charge on any atom is 0.305 e. The second kappa shape index (κ2) is 8.61. The van der Waals surface area contributed by atoms with Crippen LogP contribution in [-0.4, -0.2) is 33.0 Å². The van der Waals surface area contributed by atoms with Crippen molar-refractivity contribution >= 4 is 33.6 Å². The number of hydrogen-bond acceptors (Lipinski definition) is 5. The molecule has 34 heavy (non-hydrogen) atoms. The minimum atomic E-state index is -1.02. The number of aliphatic carboxylic acids is 1. The van der Waals surface area contributed by atoms with Crippen molar-refractivity contribution in [3.05, 3.63) is 83.3 Å². The van der Waals surface area contributed by atoms with E-state index < -0.39 is 23.7 Å². The lowest BCUT2D eigenvalue weighted by molar-refractivity contribution is -0.137. The van der Waals surface area contributed by atoms with Crippen LogP contribution in [0.3, 0.4) is 0 Å². The Balaban J connectivity index is 1.40. The molecule has 0 spiro atoms. The number of nitrogens with one attached hydrogen (secondary N) is 1. The van der Waals surface area contributed by atoms with E-state index in [0.29, 0.717) is 16.1 Å². The van der Waals surface area contributed by atoms with Gasteiger partial charge in [0.05, 0.1) is 12.1 Å². The zero-order valence-corrected chi connectivity index (χ0v) is 19.2. The van der Waals surface area contributed by atoms with E-state index in [4.69, 9.17) is 10.1 Å². The fourth-order valence-corrected chi connectivity index (χ4v) is 5.19. The largest absolute Gasteiger partial charge is 0.481 e. The average Bonchev–Trinajstić information content (AvgIpc) is 3.52. The van der Waals surface area contributed by atoms with Crippen LogP contribution in [0.2, 0.25) is 0 Å². The highest BCUT2D eigenvalue weighted by atomic mass is 32.1. The summed E-state index contributed by atoms with van der Waals surface area (Å²) >= 11 is 1.32. The molecule has 0 radical (unpaired) electrons. The number of carbonyl (C=O) groups is 2. The van der Waals surface area contributed by atoms with Crippen LogP contribution in [0.4, 0.5) is 4.39 Å². The highest BCUT2D eigenvalue weighted by Crippen LogP contribution is 2.53. The van der Waals surface area contributed by atoms with Gasteiger partial charge < -0.3 is 10.4 Å². The summed E-state index contributed by atoms with van der Waals surface area (Å²) in [7, 11) is 0. The summed E-state index contributed by atoms with van der Waals surface area (Å²) in [5.41, 5.74) is 3.32. The number of amides is 1. The van der Waals surface area contributed by atoms with Gasteiger partial charge in [-0.3, -0.25) is 9.59 Å². The first-order valence-corrected chi connectivity index (χ1v) is 11.8. The molecule has 0 unspecified atom stereocenters. The van der Waals surface area contributed by atoms with Crippen LogP contribution in [0, 0.1) is 5.82 Å². The van der Waals surface area contributed by atoms with Crippen molar-refractivity contribution in [1.29, 1.82) is 0 Å². The highest BCUT2D eigenvalue weighted by Gasteiger charge is 2.47. The molecule has 2 aromatic heterocycles. The van der Waals surface area contributed by atoms with E-state index in [1.54, 1.807) is 6.92 Å². The second-order valence-electron chi connectivity index (χ2n) is 8.65. The number of pyridine rings is 1. The first-order chi connectivity index (χ1) is 16.4. The van der Waals surface area contributed by atoms with Crippen molar-refractivity contribution in [3.8, 4) is 10.6 Å². The van der Waals surface area contributed by atoms with Crippen LogP contribution in [-0.2, 0) is 10.2 Å². The Kier molecular flexibility index (Phi) is 5.61. The lowest BCUT2D eigenvalue weighted by Crippen LogP contribution is -2.34. The van der Waals surface area contributed by atoms with Gasteiger partial charge in [-0.1, -0.05) is 41.7 Å². The van der Waals surface area contributed by atoms with Crippen molar-refractivity contribution in [3.63, 3.8) is 0 Å². The molecule has 5 rings (SSSR count). The molecule has 2 heterocycles. The molecule has 2 aromatic carbocycles. The number of hydrogen-bond donors (Lipinski definition) is 2. The van der Waals surface area contributed by atoms with Gasteiger partial charge in [0, 0.05) is 22.6 Å². The topological polar surface area (TPSA) is 92.2 Å². The van der Waals surface area contributed by atoms with Crippen molar-refractivity contribution in [1.82, 2.24) is 15.3 Å². The summed E-state index contributed by atoms with van der Waals surface area (Å²) in [5, 5.41) is 11.9. The molecule has 1 saturated carbocycles. The molecule has 1 fully saturated rings. The lowest BCUT2D eigenvalue weighted by atomic mass is 9.92. The molecule has 1 atom stereocenters. The molecule has 0 bridgehead atoms. The quantitative estimate of drug-likeness (QED) is 0.385. The van der Waals surface area contributed by atoms with Gasteiger partial charge in [-0.05, 0) is 55.7 Å². The van der Waals surface area contributed by atoms with Crippen LogP contribution < -0.4 is 5.32 Å².